The Morgan fingerprint density at radius 3 is 2.38 bits per heavy atom. The summed E-state index contributed by atoms with van der Waals surface area (Å²) in [6.45, 7) is 6.40. The van der Waals surface area contributed by atoms with Gasteiger partial charge in [0, 0.05) is 18.7 Å². The highest BCUT2D eigenvalue weighted by Gasteiger charge is 2.29. The lowest BCUT2D eigenvalue weighted by Gasteiger charge is -2.19. The second kappa shape index (κ2) is 8.18. The van der Waals surface area contributed by atoms with Gasteiger partial charge in [-0.05, 0) is 49.8 Å². The number of aryl methyl sites for hydroxylation is 1. The van der Waals surface area contributed by atoms with Crippen LogP contribution in [-0.2, 0) is 14.8 Å². The third-order valence-corrected chi connectivity index (χ3v) is 6.36. The van der Waals surface area contributed by atoms with Crippen LogP contribution in [0.5, 0.6) is 0 Å². The van der Waals surface area contributed by atoms with Crippen molar-refractivity contribution in [1.82, 2.24) is 9.62 Å². The molecule has 0 aliphatic carbocycles. The lowest BCUT2D eigenvalue weighted by Crippen LogP contribution is -2.42. The summed E-state index contributed by atoms with van der Waals surface area (Å²) in [5.41, 5.74) is 0.775. The Morgan fingerprint density at radius 2 is 1.85 bits per heavy atom. The van der Waals surface area contributed by atoms with Crippen molar-refractivity contribution in [3.8, 4) is 0 Å². The molecule has 0 bridgehead atoms. The molecule has 144 valence electrons. The maximum absolute atomic E-state index is 12.7. The highest BCUT2D eigenvalue weighted by atomic mass is 32.2. The van der Waals surface area contributed by atoms with E-state index in [1.807, 2.05) is 13.8 Å². The van der Waals surface area contributed by atoms with Crippen LogP contribution in [0.4, 0.5) is 0 Å². The van der Waals surface area contributed by atoms with E-state index in [1.165, 1.54) is 16.4 Å². The summed E-state index contributed by atoms with van der Waals surface area (Å²) in [6.07, 6.45) is 1.95. The van der Waals surface area contributed by atoms with E-state index in [0.29, 0.717) is 25.1 Å². The van der Waals surface area contributed by atoms with Crippen molar-refractivity contribution in [2.24, 2.45) is 5.92 Å². The Labute approximate surface area is 154 Å². The number of rotatable bonds is 7. The van der Waals surface area contributed by atoms with Gasteiger partial charge in [-0.1, -0.05) is 19.9 Å². The van der Waals surface area contributed by atoms with E-state index in [4.69, 9.17) is 0 Å². The van der Waals surface area contributed by atoms with Crippen LogP contribution >= 0.6 is 0 Å². The fraction of sp³-hybridized carbons (Fsp3) is 0.556. The highest BCUT2D eigenvalue weighted by Crippen LogP contribution is 2.23. The zero-order valence-corrected chi connectivity index (χ0v) is 16.2. The van der Waals surface area contributed by atoms with Crippen LogP contribution in [-0.4, -0.2) is 48.8 Å². The van der Waals surface area contributed by atoms with Gasteiger partial charge in [0.05, 0.1) is 4.90 Å². The van der Waals surface area contributed by atoms with Gasteiger partial charge in [-0.2, -0.15) is 4.31 Å². The molecule has 0 aromatic heterocycles. The molecule has 26 heavy (non-hydrogen) atoms. The summed E-state index contributed by atoms with van der Waals surface area (Å²) in [4.78, 5) is 24.0. The Hall–Kier alpha value is -1.93. The number of nitrogens with zero attached hydrogens (tertiary/aromatic N) is 1. The number of benzene rings is 1. The molecular weight excluding hydrogens is 356 g/mol. The van der Waals surface area contributed by atoms with E-state index in [2.05, 4.69) is 5.32 Å². The molecule has 1 heterocycles. The van der Waals surface area contributed by atoms with Crippen molar-refractivity contribution in [1.29, 1.82) is 0 Å². The Kier molecular flexibility index (Phi) is 6.41. The molecule has 8 heteroatoms. The van der Waals surface area contributed by atoms with E-state index in [0.717, 1.165) is 12.8 Å². The zero-order chi connectivity index (χ0) is 19.5. The molecule has 1 aromatic carbocycles. The van der Waals surface area contributed by atoms with Gasteiger partial charge in [0.15, 0.2) is 0 Å². The molecule has 2 rings (SSSR count). The molecular formula is C18H26N2O5S. The zero-order valence-electron chi connectivity index (χ0n) is 15.4. The van der Waals surface area contributed by atoms with Crippen LogP contribution in [0.2, 0.25) is 0 Å². The largest absolute Gasteiger partial charge is 0.480 e. The fourth-order valence-electron chi connectivity index (χ4n) is 3.01. The van der Waals surface area contributed by atoms with Gasteiger partial charge < -0.3 is 10.4 Å². The summed E-state index contributed by atoms with van der Waals surface area (Å²) in [5.74, 6) is -1.58. The molecule has 1 aromatic rings. The molecule has 1 amide bonds. The van der Waals surface area contributed by atoms with Crippen molar-refractivity contribution < 1.29 is 23.1 Å². The molecule has 1 saturated heterocycles. The van der Waals surface area contributed by atoms with Crippen LogP contribution in [0.15, 0.2) is 23.1 Å². The average Bonchev–Trinajstić information content (AvgIpc) is 3.09. The van der Waals surface area contributed by atoms with Crippen LogP contribution in [0, 0.1) is 12.8 Å². The number of carboxylic acids is 1. The number of sulfonamides is 1. The van der Waals surface area contributed by atoms with Gasteiger partial charge in [0.25, 0.3) is 5.91 Å². The summed E-state index contributed by atoms with van der Waals surface area (Å²) in [6, 6.07) is 3.39. The van der Waals surface area contributed by atoms with Gasteiger partial charge in [0.1, 0.15) is 6.04 Å². The molecule has 1 atom stereocenters. The summed E-state index contributed by atoms with van der Waals surface area (Å²) < 4.78 is 26.8. The van der Waals surface area contributed by atoms with Crippen molar-refractivity contribution in [2.75, 3.05) is 13.1 Å². The number of carbonyl (C=O) groups is 2. The molecule has 0 radical (unpaired) electrons. The predicted octanol–water partition coefficient (Wildman–Crippen LogP) is 2.01. The maximum Gasteiger partial charge on any atom is 0.326 e. The first-order valence-corrected chi connectivity index (χ1v) is 10.2. The Morgan fingerprint density at radius 1 is 1.23 bits per heavy atom. The van der Waals surface area contributed by atoms with E-state index in [9.17, 15) is 23.1 Å². The molecule has 0 saturated carbocycles. The molecule has 0 unspecified atom stereocenters. The number of carbonyl (C=O) groups excluding carboxylic acids is 1. The number of hydrogen-bond donors (Lipinski definition) is 2. The third kappa shape index (κ3) is 4.62. The fourth-order valence-corrected chi connectivity index (χ4v) is 4.56. The normalized spacial score (nSPS) is 16.6. The minimum Gasteiger partial charge on any atom is -0.480 e. The quantitative estimate of drug-likeness (QED) is 0.751. The monoisotopic (exact) mass is 382 g/mol. The van der Waals surface area contributed by atoms with Crippen LogP contribution in [0.3, 0.4) is 0 Å². The Bertz CT molecular complexity index is 783. The van der Waals surface area contributed by atoms with Gasteiger partial charge in [0.2, 0.25) is 10.0 Å². The third-order valence-electron chi connectivity index (χ3n) is 4.47. The minimum atomic E-state index is -3.64. The second-order valence-electron chi connectivity index (χ2n) is 7.08. The van der Waals surface area contributed by atoms with Crippen molar-refractivity contribution in [3.63, 3.8) is 0 Å². The lowest BCUT2D eigenvalue weighted by molar-refractivity contribution is -0.139. The van der Waals surface area contributed by atoms with Gasteiger partial charge in [-0.25, -0.2) is 13.2 Å². The van der Waals surface area contributed by atoms with Gasteiger partial charge >= 0.3 is 5.97 Å². The molecule has 1 fully saturated rings. The number of hydrogen-bond acceptors (Lipinski definition) is 4. The average molecular weight is 382 g/mol. The minimum absolute atomic E-state index is 0.0610. The van der Waals surface area contributed by atoms with Gasteiger partial charge in [-0.15, -0.1) is 0 Å². The maximum atomic E-state index is 12.7. The van der Waals surface area contributed by atoms with Crippen LogP contribution in [0.25, 0.3) is 0 Å². The number of aliphatic carboxylic acids is 1. The van der Waals surface area contributed by atoms with E-state index in [-0.39, 0.29) is 16.4 Å². The SMILES string of the molecule is Cc1ccc(S(=O)(=O)N2CCCC2)cc1C(=O)N[C@H](CC(C)C)C(=O)O. The topological polar surface area (TPSA) is 104 Å². The first-order valence-electron chi connectivity index (χ1n) is 8.77. The van der Waals surface area contributed by atoms with Crippen LogP contribution < -0.4 is 5.32 Å². The van der Waals surface area contributed by atoms with E-state index in [1.54, 1.807) is 13.0 Å². The van der Waals surface area contributed by atoms with Crippen molar-refractivity contribution in [2.45, 2.75) is 51.0 Å². The first kappa shape index (κ1) is 20.4. The molecule has 1 aliphatic rings. The second-order valence-corrected chi connectivity index (χ2v) is 9.02. The first-order chi connectivity index (χ1) is 12.1. The molecule has 7 nitrogen and oxygen atoms in total. The smallest absolute Gasteiger partial charge is 0.326 e. The van der Waals surface area contributed by atoms with E-state index >= 15 is 0 Å². The summed E-state index contributed by atoms with van der Waals surface area (Å²) >= 11 is 0. The predicted molar refractivity (Wildman–Crippen MR) is 97.5 cm³/mol. The summed E-state index contributed by atoms with van der Waals surface area (Å²) in [7, 11) is -3.64. The Balaban J connectivity index is 2.28. The number of amides is 1. The molecule has 1 aliphatic heterocycles. The number of carboxylic acid groups (broad SMARTS) is 1. The molecule has 0 spiro atoms. The summed E-state index contributed by atoms with van der Waals surface area (Å²) in [5, 5.41) is 11.8. The molecule has 2 N–H and O–H groups in total. The van der Waals surface area contributed by atoms with E-state index < -0.39 is 27.9 Å². The van der Waals surface area contributed by atoms with Crippen LogP contribution in [0.1, 0.15) is 49.0 Å². The number of nitrogens with one attached hydrogen (secondary N) is 1. The standard InChI is InChI=1S/C18H26N2O5S/c1-12(2)10-16(18(22)23)19-17(21)15-11-14(7-6-13(15)3)26(24,25)20-8-4-5-9-20/h6-7,11-12,16H,4-5,8-10H2,1-3H3,(H,19,21)(H,22,23)/t16-/m1/s1. The van der Waals surface area contributed by atoms with Crippen molar-refractivity contribution >= 4 is 21.9 Å². The van der Waals surface area contributed by atoms with Crippen molar-refractivity contribution in [3.05, 3.63) is 29.3 Å². The lowest BCUT2D eigenvalue weighted by atomic mass is 10.0. The highest BCUT2D eigenvalue weighted by molar-refractivity contribution is 7.89. The van der Waals surface area contributed by atoms with Gasteiger partial charge in [-0.3, -0.25) is 4.79 Å².